The van der Waals surface area contributed by atoms with Gasteiger partial charge in [-0.15, -0.1) is 47.5 Å². The van der Waals surface area contributed by atoms with E-state index in [1.165, 1.54) is 10.8 Å². The van der Waals surface area contributed by atoms with Gasteiger partial charge in [-0.2, -0.15) is 0 Å². The number of hydrogen-bond acceptors (Lipinski definition) is 3. The molecule has 0 fully saturated rings. The molecule has 0 saturated carbocycles. The fraction of sp³-hybridized carbons (Fsp3) is 0.0909. The van der Waals surface area contributed by atoms with Crippen LogP contribution in [0.2, 0.25) is 19.6 Å². The molecular weight excluding hydrogens is 793 g/mol. The van der Waals surface area contributed by atoms with Crippen molar-refractivity contribution in [3.63, 3.8) is 0 Å². The van der Waals surface area contributed by atoms with Crippen LogP contribution in [0.5, 0.6) is 0 Å². The van der Waals surface area contributed by atoms with E-state index in [2.05, 4.69) is 84.2 Å². The van der Waals surface area contributed by atoms with E-state index in [9.17, 15) is 0 Å². The molecule has 5 aromatic carbocycles. The summed E-state index contributed by atoms with van der Waals surface area (Å²) in [6, 6.07) is 50.2. The Kier molecular flexibility index (Phi) is 9.03. The van der Waals surface area contributed by atoms with Gasteiger partial charge in [-0.1, -0.05) is 140 Å². The minimum absolute atomic E-state index is 0. The number of aromatic nitrogens is 2. The van der Waals surface area contributed by atoms with Crippen molar-refractivity contribution in [2.75, 3.05) is 0 Å². The summed E-state index contributed by atoms with van der Waals surface area (Å²) in [6.45, 7) is 4.67. The van der Waals surface area contributed by atoms with Crippen LogP contribution in [-0.4, -0.2) is 18.0 Å². The molecule has 0 aliphatic heterocycles. The average molecular weight is 832 g/mol. The van der Waals surface area contributed by atoms with Gasteiger partial charge in [0.1, 0.15) is 5.58 Å². The first-order valence-corrected chi connectivity index (χ1v) is 19.5. The van der Waals surface area contributed by atoms with Crippen LogP contribution in [0.15, 0.2) is 150 Å². The van der Waals surface area contributed by atoms with Gasteiger partial charge < -0.3 is 14.4 Å². The number of hydrogen-bond donors (Lipinski definition) is 0. The summed E-state index contributed by atoms with van der Waals surface area (Å²) >= 11 is 0. The van der Waals surface area contributed by atoms with Crippen molar-refractivity contribution >= 4 is 35.2 Å². The third-order valence-corrected chi connectivity index (χ3v) is 10.4. The Balaban J connectivity index is 0.000000175. The summed E-state index contributed by atoms with van der Waals surface area (Å²) in [6.07, 6.45) is 3.73. The van der Waals surface area contributed by atoms with Gasteiger partial charge in [-0.25, -0.2) is 0 Å². The van der Waals surface area contributed by atoms with E-state index in [-0.39, 0.29) is 20.1 Å². The van der Waals surface area contributed by atoms with E-state index in [4.69, 9.17) is 8.53 Å². The second-order valence-electron chi connectivity index (χ2n) is 12.7. The maximum atomic E-state index is 7.84. The number of rotatable bonds is 5. The largest absolute Gasteiger partial charge is 0.501 e. The summed E-state index contributed by atoms with van der Waals surface area (Å²) in [5.41, 5.74) is 9.33. The average Bonchev–Trinajstić information content (AvgIpc) is 3.53. The maximum absolute atomic E-state index is 7.84. The first kappa shape index (κ1) is 30.1. The van der Waals surface area contributed by atoms with Gasteiger partial charge in [0.05, 0.1) is 13.7 Å². The Bertz CT molecular complexity index is 2430. The zero-order chi connectivity index (χ0) is 35.6. The molecule has 1 radical (unpaired) electrons. The van der Waals surface area contributed by atoms with E-state index >= 15 is 0 Å². The van der Waals surface area contributed by atoms with Crippen molar-refractivity contribution in [1.82, 2.24) is 9.97 Å². The molecule has 0 N–H and O–H groups in total. The normalized spacial score (nSPS) is 12.3. The Morgan fingerprint density at radius 2 is 1.43 bits per heavy atom. The Labute approximate surface area is 307 Å². The van der Waals surface area contributed by atoms with Crippen LogP contribution < -0.4 is 5.19 Å². The molecule has 0 saturated heterocycles. The van der Waals surface area contributed by atoms with Crippen LogP contribution in [0, 0.1) is 19.0 Å². The van der Waals surface area contributed by atoms with Crippen LogP contribution in [0.3, 0.4) is 0 Å². The quantitative estimate of drug-likeness (QED) is 0.128. The zero-order valence-corrected chi connectivity index (χ0v) is 30.9. The number of benzene rings is 5. The summed E-state index contributed by atoms with van der Waals surface area (Å²) in [4.78, 5) is 9.05. The second-order valence-corrected chi connectivity index (χ2v) is 17.8. The van der Waals surface area contributed by atoms with Gasteiger partial charge in [0.15, 0.2) is 0 Å². The van der Waals surface area contributed by atoms with Crippen LogP contribution in [-0.2, 0) is 20.1 Å². The monoisotopic (exact) mass is 832 g/mol. The van der Waals surface area contributed by atoms with Crippen molar-refractivity contribution < 1.29 is 28.6 Å². The number of furan rings is 1. The number of nitrogens with zero attached hydrogens (tertiary/aromatic N) is 2. The minimum Gasteiger partial charge on any atom is -0.501 e. The van der Waals surface area contributed by atoms with Crippen molar-refractivity contribution in [2.45, 2.75) is 26.5 Å². The van der Waals surface area contributed by atoms with Crippen molar-refractivity contribution in [3.05, 3.63) is 164 Å². The van der Waals surface area contributed by atoms with Crippen molar-refractivity contribution in [2.24, 2.45) is 0 Å². The van der Waals surface area contributed by atoms with E-state index in [1.54, 1.807) is 12.3 Å². The molecule has 3 aromatic heterocycles. The Morgan fingerprint density at radius 3 is 2.10 bits per heavy atom. The van der Waals surface area contributed by atoms with E-state index < -0.39 is 14.9 Å². The molecule has 3 nitrogen and oxygen atoms in total. The topological polar surface area (TPSA) is 38.9 Å². The summed E-state index contributed by atoms with van der Waals surface area (Å²) in [5.74, 6) is 0. The zero-order valence-electron chi connectivity index (χ0n) is 30.5. The molecule has 0 unspecified atom stereocenters. The molecule has 243 valence electrons. The van der Waals surface area contributed by atoms with Crippen LogP contribution in [0.4, 0.5) is 0 Å². The molecule has 0 spiro atoms. The fourth-order valence-corrected chi connectivity index (χ4v) is 6.78. The molecule has 3 heterocycles. The first-order chi connectivity index (χ1) is 24.6. The van der Waals surface area contributed by atoms with Gasteiger partial charge in [0, 0.05) is 42.0 Å². The molecule has 0 atom stereocenters. The van der Waals surface area contributed by atoms with Crippen LogP contribution in [0.25, 0.3) is 66.7 Å². The van der Waals surface area contributed by atoms with Crippen LogP contribution in [0.1, 0.15) is 9.68 Å². The van der Waals surface area contributed by atoms with E-state index in [0.29, 0.717) is 11.1 Å². The summed E-state index contributed by atoms with van der Waals surface area (Å²) in [7, 11) is -1.40. The first-order valence-electron chi connectivity index (χ1n) is 17.5. The van der Waals surface area contributed by atoms with Gasteiger partial charge in [0.2, 0.25) is 0 Å². The molecule has 0 aliphatic carbocycles. The molecule has 0 aliphatic rings. The van der Waals surface area contributed by atoms with Gasteiger partial charge in [-0.05, 0) is 45.4 Å². The SMILES string of the molecule is [2H]C([2H])([2H])c1c[c-]c(-c2ccc([Si](C)(C)C)cn2)cc1-c1ccccc1.[Ir].[c-]1ccc2c(oc3cc(-c4ccccc4)ccc32)c1-c1ccccn1. The molecule has 49 heavy (non-hydrogen) atoms. The minimum atomic E-state index is -2.19. The fourth-order valence-electron chi connectivity index (χ4n) is 5.75. The van der Waals surface area contributed by atoms with Gasteiger partial charge in [0.25, 0.3) is 0 Å². The molecule has 8 aromatic rings. The van der Waals surface area contributed by atoms with Crippen LogP contribution >= 0.6 is 0 Å². The molecule has 0 amide bonds. The predicted octanol–water partition coefficient (Wildman–Crippen LogP) is 11.2. The smallest absolute Gasteiger partial charge is 0.121 e. The third kappa shape index (κ3) is 7.40. The molecule has 5 heteroatoms. The summed E-state index contributed by atoms with van der Waals surface area (Å²) in [5, 5.41) is 3.50. The van der Waals surface area contributed by atoms with Crippen molar-refractivity contribution in [3.8, 4) is 44.8 Å². The van der Waals surface area contributed by atoms with E-state index in [1.807, 2.05) is 91.1 Å². The summed E-state index contributed by atoms with van der Waals surface area (Å²) < 4.78 is 29.7. The van der Waals surface area contributed by atoms with Gasteiger partial charge in [-0.3, -0.25) is 0 Å². The molecule has 0 bridgehead atoms. The number of pyridine rings is 2. The molecule has 8 rings (SSSR count). The molecular formula is C44H36IrN2OSi-2. The second kappa shape index (κ2) is 14.7. The predicted molar refractivity (Wildman–Crippen MR) is 203 cm³/mol. The number of aryl methyl sites for hydroxylation is 1. The number of fused-ring (bicyclic) bond motifs is 3. The third-order valence-electron chi connectivity index (χ3n) is 8.40. The van der Waals surface area contributed by atoms with E-state index in [0.717, 1.165) is 55.6 Å². The standard InChI is InChI=1S/C23H14NO.C21H22NSi.Ir/c1-2-7-16(8-3-1)17-12-13-18-19-9-6-10-20(21-11-4-5-14-24-21)23(19)25-22(18)15-17;1-16-10-11-18(14-20(16)17-8-6-5-7-9-17)21-13-12-19(15-22-21)23(2,3)4;/h1-9,11-15H;5-10,12-15H,1-4H3;/q2*-1;/i;1D3;. The Hall–Kier alpha value is -4.93. The Morgan fingerprint density at radius 1 is 0.673 bits per heavy atom. The van der Waals surface area contributed by atoms with Gasteiger partial charge >= 0.3 is 0 Å². The van der Waals surface area contributed by atoms with Crippen molar-refractivity contribution in [1.29, 1.82) is 0 Å². The maximum Gasteiger partial charge on any atom is 0.121 e.